The first kappa shape index (κ1) is 41.3. The summed E-state index contributed by atoms with van der Waals surface area (Å²) in [5.74, 6) is -0.604. The van der Waals surface area contributed by atoms with Crippen LogP contribution in [0.4, 0.5) is 4.79 Å². The molecule has 15 nitrogen and oxygen atoms in total. The molecule has 4 aromatic rings. The Morgan fingerprint density at radius 1 is 0.966 bits per heavy atom. The average molecular weight is 828 g/mol. The number of amides is 4. The maximum Gasteiger partial charge on any atom is 0.408 e. The number of hydrogen-bond donors (Lipinski definition) is 3. The minimum Gasteiger partial charge on any atom is -0.497 e. The van der Waals surface area contributed by atoms with Crippen molar-refractivity contribution < 1.29 is 46.5 Å². The smallest absolute Gasteiger partial charge is 0.408 e. The lowest BCUT2D eigenvalue weighted by Crippen LogP contribution is -2.57. The highest BCUT2D eigenvalue weighted by Gasteiger charge is 2.45. The van der Waals surface area contributed by atoms with Crippen LogP contribution in [0.25, 0.3) is 22.2 Å². The van der Waals surface area contributed by atoms with Crippen LogP contribution in [0.1, 0.15) is 58.4 Å². The minimum absolute atomic E-state index is 0.00464. The summed E-state index contributed by atoms with van der Waals surface area (Å²) in [5.41, 5.74) is 1.88. The molecule has 3 N–H and O–H groups in total. The van der Waals surface area contributed by atoms with Crippen molar-refractivity contribution in [1.29, 1.82) is 0 Å². The summed E-state index contributed by atoms with van der Waals surface area (Å²) in [6.07, 6.45) is -0.302. The average Bonchev–Trinajstić information content (AvgIpc) is 3.98. The Morgan fingerprint density at radius 3 is 2.47 bits per heavy atom. The van der Waals surface area contributed by atoms with Crippen molar-refractivity contribution in [2.24, 2.45) is 0 Å². The molecular formula is C43H49N5O10S. The third kappa shape index (κ3) is 10.2. The normalized spacial score (nSPS) is 21.5. The lowest BCUT2D eigenvalue weighted by molar-refractivity contribution is -0.140. The molecule has 7 rings (SSSR count). The summed E-state index contributed by atoms with van der Waals surface area (Å²) >= 11 is 0. The SMILES string of the molecule is COc1ccc2c(O[C@@H]3C[C@H]4C(=O)NC(C(=O)NS(=O)(=O)C5CC5)CCCOc5cccc(c5)C[C@H](NC(=O)OC(C)(C)C)C(=O)N4C3)cc(-c3ccccc3)nc2c1. The van der Waals surface area contributed by atoms with Crippen LogP contribution in [0.2, 0.25) is 0 Å². The molecule has 1 unspecified atom stereocenters. The van der Waals surface area contributed by atoms with Crippen LogP contribution < -0.4 is 29.6 Å². The molecule has 0 radical (unpaired) electrons. The highest BCUT2D eigenvalue weighted by molar-refractivity contribution is 7.90. The van der Waals surface area contributed by atoms with Gasteiger partial charge in [-0.1, -0.05) is 42.5 Å². The van der Waals surface area contributed by atoms with E-state index in [-0.39, 0.29) is 38.8 Å². The molecule has 1 aliphatic carbocycles. The molecule has 2 aliphatic heterocycles. The lowest BCUT2D eigenvalue weighted by Gasteiger charge is -2.30. The predicted molar refractivity (Wildman–Crippen MR) is 218 cm³/mol. The summed E-state index contributed by atoms with van der Waals surface area (Å²) in [6.45, 7) is 5.20. The fourth-order valence-corrected chi connectivity index (χ4v) is 8.59. The van der Waals surface area contributed by atoms with E-state index < -0.39 is 68.9 Å². The number of ether oxygens (including phenoxy) is 4. The monoisotopic (exact) mass is 827 g/mol. The van der Waals surface area contributed by atoms with E-state index in [1.54, 1.807) is 64.3 Å². The minimum atomic E-state index is -3.93. The number of pyridine rings is 1. The van der Waals surface area contributed by atoms with Gasteiger partial charge in [0.1, 0.15) is 47.1 Å². The zero-order chi connectivity index (χ0) is 41.9. The van der Waals surface area contributed by atoms with Crippen molar-refractivity contribution in [3.8, 4) is 28.5 Å². The van der Waals surface area contributed by atoms with Crippen molar-refractivity contribution in [2.75, 3.05) is 20.3 Å². The van der Waals surface area contributed by atoms with Crippen molar-refractivity contribution in [1.82, 2.24) is 25.2 Å². The number of carbonyl (C=O) groups excluding carboxylic acids is 4. The summed E-state index contributed by atoms with van der Waals surface area (Å²) in [7, 11) is -2.37. The fraction of sp³-hybridized carbons (Fsp3) is 0.419. The predicted octanol–water partition coefficient (Wildman–Crippen LogP) is 4.66. The topological polar surface area (TPSA) is 192 Å². The Morgan fingerprint density at radius 2 is 1.75 bits per heavy atom. The molecule has 2 fully saturated rings. The van der Waals surface area contributed by atoms with Gasteiger partial charge in [-0.2, -0.15) is 0 Å². The van der Waals surface area contributed by atoms with Crippen LogP contribution in [0.3, 0.4) is 0 Å². The van der Waals surface area contributed by atoms with Gasteiger partial charge in [0.15, 0.2) is 0 Å². The third-order valence-electron chi connectivity index (χ3n) is 10.3. The molecule has 2 bridgehead atoms. The highest BCUT2D eigenvalue weighted by Crippen LogP contribution is 2.35. The molecule has 4 atom stereocenters. The Bertz CT molecular complexity index is 2330. The molecular weight excluding hydrogens is 779 g/mol. The largest absolute Gasteiger partial charge is 0.497 e. The van der Waals surface area contributed by atoms with E-state index in [0.717, 1.165) is 5.56 Å². The molecule has 0 spiro atoms. The van der Waals surface area contributed by atoms with Crippen LogP contribution in [0.15, 0.2) is 78.9 Å². The zero-order valence-electron chi connectivity index (χ0n) is 33.4. The van der Waals surface area contributed by atoms with E-state index in [4.69, 9.17) is 23.9 Å². The fourth-order valence-electron chi connectivity index (χ4n) is 7.25. The van der Waals surface area contributed by atoms with Gasteiger partial charge in [-0.05, 0) is 76.3 Å². The number of rotatable bonds is 8. The molecule has 3 heterocycles. The van der Waals surface area contributed by atoms with E-state index in [1.165, 1.54) is 4.90 Å². The number of methoxy groups -OCH3 is 1. The van der Waals surface area contributed by atoms with E-state index in [1.807, 2.05) is 42.5 Å². The first-order valence-corrected chi connectivity index (χ1v) is 21.3. The van der Waals surface area contributed by atoms with Gasteiger partial charge in [0.2, 0.25) is 21.8 Å². The van der Waals surface area contributed by atoms with Gasteiger partial charge >= 0.3 is 6.09 Å². The molecule has 3 aromatic carbocycles. The van der Waals surface area contributed by atoms with E-state index >= 15 is 0 Å². The third-order valence-corrected chi connectivity index (χ3v) is 12.1. The van der Waals surface area contributed by atoms with Crippen molar-refractivity contribution in [3.63, 3.8) is 0 Å². The summed E-state index contributed by atoms with van der Waals surface area (Å²) in [6, 6.07) is 20.2. The van der Waals surface area contributed by atoms with Crippen LogP contribution in [0.5, 0.6) is 17.2 Å². The van der Waals surface area contributed by atoms with Crippen LogP contribution in [-0.4, -0.2) is 97.5 Å². The quantitative estimate of drug-likeness (QED) is 0.224. The number of hydrogen-bond acceptors (Lipinski definition) is 11. The molecule has 3 aliphatic rings. The Hall–Kier alpha value is -5.90. The number of nitrogens with one attached hydrogen (secondary N) is 3. The summed E-state index contributed by atoms with van der Waals surface area (Å²) < 4.78 is 51.5. The van der Waals surface area contributed by atoms with Crippen LogP contribution in [-0.2, 0) is 35.6 Å². The maximum atomic E-state index is 14.8. The van der Waals surface area contributed by atoms with Crippen molar-refractivity contribution >= 4 is 44.7 Å². The Kier molecular flexibility index (Phi) is 12.0. The number of fused-ring (bicyclic) bond motifs is 4. The van der Waals surface area contributed by atoms with E-state index in [0.29, 0.717) is 52.3 Å². The number of alkyl carbamates (subject to hydrolysis) is 1. The van der Waals surface area contributed by atoms with E-state index in [2.05, 4.69) is 15.4 Å². The first-order chi connectivity index (χ1) is 28.2. The molecule has 4 amide bonds. The molecule has 16 heteroatoms. The number of aromatic nitrogens is 1. The van der Waals surface area contributed by atoms with Crippen molar-refractivity contribution in [3.05, 3.63) is 84.4 Å². The van der Waals surface area contributed by atoms with E-state index in [9.17, 15) is 27.6 Å². The van der Waals surface area contributed by atoms with Gasteiger partial charge in [-0.3, -0.25) is 19.1 Å². The highest BCUT2D eigenvalue weighted by atomic mass is 32.2. The first-order valence-electron chi connectivity index (χ1n) is 19.7. The van der Waals surface area contributed by atoms with Gasteiger partial charge in [-0.15, -0.1) is 0 Å². The van der Waals surface area contributed by atoms with Gasteiger partial charge in [0, 0.05) is 35.9 Å². The number of nitrogens with zero attached hydrogens (tertiary/aromatic N) is 2. The standard InChI is InChI=1S/C43H49N5O10S/c1-43(2,3)58-42(52)46-36-21-26-10-8-13-29(20-26)56-19-9-14-33(39(49)47-59(53,54)31-16-17-31)45-40(50)37-23-30(25-48(37)41(36)51)57-38-24-34(27-11-6-5-7-12-27)44-35-22-28(55-4)15-18-32(35)38/h5-8,10-13,15,18,20,22,24,30-31,33,36-37H,9,14,16-17,19,21,23,25H2,1-4H3,(H,45,50)(H,46,52)(H,47,49)/t30-,33?,36+,37+/m1/s1. The molecule has 59 heavy (non-hydrogen) atoms. The Balaban J connectivity index is 1.25. The summed E-state index contributed by atoms with van der Waals surface area (Å²) in [4.78, 5) is 62.3. The summed E-state index contributed by atoms with van der Waals surface area (Å²) in [5, 5.41) is 5.49. The molecule has 1 saturated heterocycles. The van der Waals surface area contributed by atoms with Gasteiger partial charge in [0.05, 0.1) is 36.7 Å². The van der Waals surface area contributed by atoms with Gasteiger partial charge < -0.3 is 34.5 Å². The second-order valence-electron chi connectivity index (χ2n) is 16.0. The van der Waals surface area contributed by atoms with Gasteiger partial charge in [-0.25, -0.2) is 18.2 Å². The number of sulfonamides is 1. The second kappa shape index (κ2) is 17.1. The number of benzene rings is 3. The van der Waals surface area contributed by atoms with Crippen LogP contribution in [0, 0.1) is 0 Å². The van der Waals surface area contributed by atoms with Gasteiger partial charge in [0.25, 0.3) is 5.91 Å². The van der Waals surface area contributed by atoms with Crippen molar-refractivity contribution in [2.45, 2.75) is 94.4 Å². The zero-order valence-corrected chi connectivity index (χ0v) is 34.3. The molecule has 312 valence electrons. The molecule has 1 saturated carbocycles. The second-order valence-corrected chi connectivity index (χ2v) is 18.0. The molecule has 1 aromatic heterocycles. The lowest BCUT2D eigenvalue weighted by atomic mass is 10.0. The maximum absolute atomic E-state index is 14.8. The Labute approximate surface area is 343 Å². The van der Waals surface area contributed by atoms with Crippen LogP contribution >= 0.6 is 0 Å². The number of carbonyl (C=O) groups is 4.